The largest absolute Gasteiger partial charge is 0.305 e. The molecule has 0 atom stereocenters. The third-order valence-corrected chi connectivity index (χ3v) is 11.5. The van der Waals surface area contributed by atoms with Crippen LogP contribution < -0.4 is 5.19 Å². The van der Waals surface area contributed by atoms with Crippen LogP contribution in [0.25, 0.3) is 64.6 Å². The smallest absolute Gasteiger partial charge is 0.195 e. The van der Waals surface area contributed by atoms with Crippen molar-refractivity contribution in [2.24, 2.45) is 0 Å². The van der Waals surface area contributed by atoms with Crippen LogP contribution in [-0.2, 0) is 20.1 Å². The van der Waals surface area contributed by atoms with Crippen molar-refractivity contribution in [3.63, 3.8) is 0 Å². The van der Waals surface area contributed by atoms with Crippen LogP contribution in [0, 0.1) is 29.6 Å². The number of hydrogen-bond donors (Lipinski definition) is 0. The average molecular weight is 859 g/mol. The number of aromatic nitrogens is 2. The zero-order chi connectivity index (χ0) is 33.4. The van der Waals surface area contributed by atoms with Gasteiger partial charge in [0.05, 0.1) is 8.07 Å². The maximum atomic E-state index is 14.3. The Hall–Kier alpha value is -4.46. The van der Waals surface area contributed by atoms with Crippen LogP contribution in [0.5, 0.6) is 0 Å². The van der Waals surface area contributed by atoms with Crippen LogP contribution >= 0.6 is 11.3 Å². The van der Waals surface area contributed by atoms with Gasteiger partial charge < -0.3 is 9.97 Å². The van der Waals surface area contributed by atoms with E-state index in [0.717, 1.165) is 59.5 Å². The molecule has 0 saturated heterocycles. The number of pyridine rings is 2. The SMILES string of the molecule is C[Si](C)(C)c1ccc(-c2[c-]cccc2)nc1.Fc1ccc(-c2ccc3c(c2)sc2c(-c4cc5ccccc5cn4)[c-]ccc23)c(F)c1F.[Ir]. The summed E-state index contributed by atoms with van der Waals surface area (Å²) in [7, 11) is -1.23. The van der Waals surface area contributed by atoms with Crippen LogP contribution in [0.4, 0.5) is 13.2 Å². The number of hydrogen-bond acceptors (Lipinski definition) is 3. The summed E-state index contributed by atoms with van der Waals surface area (Å²) in [6.07, 6.45) is 3.87. The van der Waals surface area contributed by atoms with E-state index in [0.29, 0.717) is 5.56 Å². The van der Waals surface area contributed by atoms with Gasteiger partial charge >= 0.3 is 0 Å². The summed E-state index contributed by atoms with van der Waals surface area (Å²) < 4.78 is 43.4. The van der Waals surface area contributed by atoms with Crippen LogP contribution in [0.15, 0.2) is 122 Å². The number of nitrogens with zero attached hydrogens (tertiary/aromatic N) is 2. The molecular formula is C41H29F3IrN2SSi-2. The Morgan fingerprint density at radius 1 is 0.653 bits per heavy atom. The summed E-state index contributed by atoms with van der Waals surface area (Å²) >= 11 is 1.55. The number of halogens is 3. The molecule has 2 nitrogen and oxygen atoms in total. The summed E-state index contributed by atoms with van der Waals surface area (Å²) in [5.41, 5.74) is 4.32. The Morgan fingerprint density at radius 2 is 1.43 bits per heavy atom. The summed E-state index contributed by atoms with van der Waals surface area (Å²) in [4.78, 5) is 9.16. The Morgan fingerprint density at radius 3 is 2.16 bits per heavy atom. The van der Waals surface area contributed by atoms with Gasteiger partial charge in [-0.2, -0.15) is 11.3 Å². The monoisotopic (exact) mass is 859 g/mol. The van der Waals surface area contributed by atoms with E-state index in [1.54, 1.807) is 17.4 Å². The van der Waals surface area contributed by atoms with Crippen molar-refractivity contribution in [3.8, 4) is 33.6 Å². The van der Waals surface area contributed by atoms with Gasteiger partial charge in [0.25, 0.3) is 0 Å². The van der Waals surface area contributed by atoms with E-state index in [-0.39, 0.29) is 25.7 Å². The van der Waals surface area contributed by atoms with E-state index in [1.807, 2.05) is 91.3 Å². The van der Waals surface area contributed by atoms with Gasteiger partial charge in [0, 0.05) is 42.8 Å². The Balaban J connectivity index is 0.000000208. The van der Waals surface area contributed by atoms with Crippen molar-refractivity contribution >= 4 is 55.5 Å². The molecule has 0 aliphatic rings. The van der Waals surface area contributed by atoms with Gasteiger partial charge in [-0.15, -0.1) is 59.7 Å². The van der Waals surface area contributed by atoms with Crippen molar-refractivity contribution in [2.75, 3.05) is 0 Å². The van der Waals surface area contributed by atoms with Crippen molar-refractivity contribution in [3.05, 3.63) is 151 Å². The second-order valence-corrected chi connectivity index (χ2v) is 18.6. The molecule has 49 heavy (non-hydrogen) atoms. The van der Waals surface area contributed by atoms with Crippen molar-refractivity contribution in [2.45, 2.75) is 19.6 Å². The van der Waals surface area contributed by atoms with Crippen LogP contribution in [0.3, 0.4) is 0 Å². The molecule has 3 aromatic heterocycles. The first-order valence-electron chi connectivity index (χ1n) is 15.5. The zero-order valence-corrected chi connectivity index (χ0v) is 31.0. The number of thiophene rings is 1. The van der Waals surface area contributed by atoms with Gasteiger partial charge in [-0.3, -0.25) is 0 Å². The fraction of sp³-hybridized carbons (Fsp3) is 0.0732. The molecule has 8 aromatic rings. The molecule has 0 unspecified atom stereocenters. The minimum atomic E-state index is -1.46. The number of fused-ring (bicyclic) bond motifs is 4. The molecule has 0 bridgehead atoms. The Kier molecular flexibility index (Phi) is 9.95. The van der Waals surface area contributed by atoms with E-state index in [4.69, 9.17) is 0 Å². The Bertz CT molecular complexity index is 2420. The molecule has 0 saturated carbocycles. The first-order valence-corrected chi connectivity index (χ1v) is 19.8. The molecule has 0 fully saturated rings. The van der Waals surface area contributed by atoms with Crippen LogP contribution in [-0.4, -0.2) is 18.0 Å². The third kappa shape index (κ3) is 7.01. The molecule has 0 amide bonds. The Labute approximate surface area is 301 Å². The molecule has 0 spiro atoms. The molecule has 1 radical (unpaired) electrons. The van der Waals surface area contributed by atoms with E-state index in [1.165, 1.54) is 11.3 Å². The van der Waals surface area contributed by atoms with Crippen molar-refractivity contribution < 1.29 is 33.3 Å². The second-order valence-electron chi connectivity index (χ2n) is 12.5. The minimum Gasteiger partial charge on any atom is -0.305 e. The second kappa shape index (κ2) is 14.2. The fourth-order valence-electron chi connectivity index (χ4n) is 5.62. The number of benzene rings is 5. The van der Waals surface area contributed by atoms with Crippen molar-refractivity contribution in [1.82, 2.24) is 9.97 Å². The topological polar surface area (TPSA) is 25.8 Å². The van der Waals surface area contributed by atoms with E-state index < -0.39 is 25.5 Å². The molecular weight excluding hydrogens is 830 g/mol. The predicted molar refractivity (Wildman–Crippen MR) is 196 cm³/mol. The number of rotatable bonds is 4. The van der Waals surface area contributed by atoms with Crippen molar-refractivity contribution in [1.29, 1.82) is 0 Å². The van der Waals surface area contributed by atoms with Gasteiger partial charge in [0.15, 0.2) is 17.5 Å². The zero-order valence-electron chi connectivity index (χ0n) is 26.8. The summed E-state index contributed by atoms with van der Waals surface area (Å²) in [6, 6.07) is 40.4. The van der Waals surface area contributed by atoms with E-state index in [9.17, 15) is 13.2 Å². The molecule has 3 heterocycles. The standard InChI is InChI=1S/C27H13F3NS.C14H16NSi.Ir/c28-22-11-10-18(25(29)26(22)30)16-8-9-19-20-6-3-7-21(27(20)32-24(19)13-16)23-12-15-4-1-2-5-17(15)14-31-23;1-16(2,3)13-9-10-14(15-11-13)12-7-5-4-6-8-12;/h1-6,8-14H;4-7,9-11H,1-3H3;/q2*-1;. The first kappa shape index (κ1) is 34.4. The first-order chi connectivity index (χ1) is 23.2. The van der Waals surface area contributed by atoms with E-state index in [2.05, 4.69) is 53.9 Å². The van der Waals surface area contributed by atoms with Gasteiger partial charge in [-0.1, -0.05) is 79.6 Å². The van der Waals surface area contributed by atoms with Crippen LogP contribution in [0.2, 0.25) is 19.6 Å². The molecule has 5 aromatic carbocycles. The van der Waals surface area contributed by atoms with Gasteiger partial charge in [0.2, 0.25) is 0 Å². The molecule has 8 heteroatoms. The average Bonchev–Trinajstić information content (AvgIpc) is 3.49. The predicted octanol–water partition coefficient (Wildman–Crippen LogP) is 11.2. The summed E-state index contributed by atoms with van der Waals surface area (Å²) in [5, 5.41) is 5.61. The van der Waals surface area contributed by atoms with Crippen LogP contribution in [0.1, 0.15) is 0 Å². The normalized spacial score (nSPS) is 11.3. The third-order valence-electron chi connectivity index (χ3n) is 8.28. The van der Waals surface area contributed by atoms with E-state index >= 15 is 0 Å². The van der Waals surface area contributed by atoms with Gasteiger partial charge in [-0.05, 0) is 61.2 Å². The van der Waals surface area contributed by atoms with Gasteiger partial charge in [0.1, 0.15) is 0 Å². The molecule has 0 aliphatic heterocycles. The summed E-state index contributed by atoms with van der Waals surface area (Å²) in [6.45, 7) is 7.00. The molecule has 0 N–H and O–H groups in total. The van der Waals surface area contributed by atoms with Gasteiger partial charge in [-0.25, -0.2) is 13.2 Å². The molecule has 0 aliphatic carbocycles. The molecule has 8 rings (SSSR count). The fourth-order valence-corrected chi connectivity index (χ4v) is 7.90. The maximum absolute atomic E-state index is 14.3. The summed E-state index contributed by atoms with van der Waals surface area (Å²) in [5.74, 6) is -3.84. The quantitative estimate of drug-likeness (QED) is 0.100. The minimum absolute atomic E-state index is 0. The molecule has 245 valence electrons. The maximum Gasteiger partial charge on any atom is 0.195 e.